The molecule has 3 aromatic rings. The summed E-state index contributed by atoms with van der Waals surface area (Å²) in [5.74, 6) is 0. The van der Waals surface area contributed by atoms with Gasteiger partial charge in [0.15, 0.2) is 0 Å². The van der Waals surface area contributed by atoms with E-state index in [9.17, 15) is 0 Å². The van der Waals surface area contributed by atoms with Crippen LogP contribution in [0.15, 0.2) is 61.1 Å². The van der Waals surface area contributed by atoms with Crippen molar-refractivity contribution in [2.75, 3.05) is 0 Å². The van der Waals surface area contributed by atoms with Crippen LogP contribution in [0.4, 0.5) is 0 Å². The molecule has 110 valence electrons. The molecule has 2 heterocycles. The van der Waals surface area contributed by atoms with Crippen LogP contribution >= 0.6 is 0 Å². The molecule has 0 spiro atoms. The molecule has 0 saturated heterocycles. The fourth-order valence-electron chi connectivity index (χ4n) is 2.66. The van der Waals surface area contributed by atoms with Gasteiger partial charge < -0.3 is 0 Å². The first kappa shape index (κ1) is 14.5. The minimum Gasteiger partial charge on any atom is -0.264 e. The van der Waals surface area contributed by atoms with Crippen LogP contribution in [0, 0.1) is 6.92 Å². The van der Waals surface area contributed by atoms with Crippen LogP contribution in [0.5, 0.6) is 0 Å². The van der Waals surface area contributed by atoms with Crippen LogP contribution in [0.3, 0.4) is 0 Å². The summed E-state index contributed by atoms with van der Waals surface area (Å²) in [6.07, 6.45) is 7.54. The number of hydrogen-bond acceptors (Lipinski definition) is 2. The van der Waals surface area contributed by atoms with E-state index in [0.717, 1.165) is 24.1 Å². The van der Waals surface area contributed by atoms with Gasteiger partial charge in [-0.2, -0.15) is 0 Å². The summed E-state index contributed by atoms with van der Waals surface area (Å²) in [4.78, 5) is 8.87. The second-order valence-electron chi connectivity index (χ2n) is 5.54. The van der Waals surface area contributed by atoms with Gasteiger partial charge in [0.1, 0.15) is 0 Å². The number of rotatable bonds is 4. The summed E-state index contributed by atoms with van der Waals surface area (Å²) in [5, 5.41) is 0. The molecule has 0 radical (unpaired) electrons. The molecule has 2 aromatic heterocycles. The van der Waals surface area contributed by atoms with E-state index in [1.165, 1.54) is 22.3 Å². The number of aromatic nitrogens is 2. The lowest BCUT2D eigenvalue weighted by Crippen LogP contribution is -1.97. The summed E-state index contributed by atoms with van der Waals surface area (Å²) < 4.78 is 0. The largest absolute Gasteiger partial charge is 0.264 e. The van der Waals surface area contributed by atoms with E-state index in [2.05, 4.69) is 54.1 Å². The fourth-order valence-corrected chi connectivity index (χ4v) is 2.66. The molecule has 0 unspecified atom stereocenters. The molecular formula is C20H20N2. The molecule has 3 rings (SSSR count). The normalized spacial score (nSPS) is 10.6. The number of aryl methyl sites for hydroxylation is 2. The summed E-state index contributed by atoms with van der Waals surface area (Å²) in [6.45, 7) is 4.29. The fraction of sp³-hybridized carbons (Fsp3) is 0.200. The van der Waals surface area contributed by atoms with Crippen LogP contribution in [-0.4, -0.2) is 9.97 Å². The Morgan fingerprint density at radius 3 is 2.36 bits per heavy atom. The lowest BCUT2D eigenvalue weighted by Gasteiger charge is -2.11. The Labute approximate surface area is 131 Å². The van der Waals surface area contributed by atoms with Crippen molar-refractivity contribution < 1.29 is 0 Å². The maximum Gasteiger partial charge on any atom is 0.0526 e. The first-order valence-electron chi connectivity index (χ1n) is 7.70. The van der Waals surface area contributed by atoms with Gasteiger partial charge in [-0.25, -0.2) is 0 Å². The third-order valence-electron chi connectivity index (χ3n) is 4.02. The number of benzene rings is 1. The van der Waals surface area contributed by atoms with E-state index < -0.39 is 0 Å². The van der Waals surface area contributed by atoms with E-state index in [1.54, 1.807) is 0 Å². The van der Waals surface area contributed by atoms with Crippen molar-refractivity contribution >= 4 is 0 Å². The van der Waals surface area contributed by atoms with Gasteiger partial charge in [-0.15, -0.1) is 0 Å². The van der Waals surface area contributed by atoms with Gasteiger partial charge in [-0.1, -0.05) is 37.3 Å². The summed E-state index contributed by atoms with van der Waals surface area (Å²) in [6, 6.07) is 15.0. The molecule has 0 N–H and O–H groups in total. The maximum absolute atomic E-state index is 4.61. The van der Waals surface area contributed by atoms with Gasteiger partial charge in [0.25, 0.3) is 0 Å². The minimum absolute atomic E-state index is 0.842. The Morgan fingerprint density at radius 1 is 0.864 bits per heavy atom. The maximum atomic E-state index is 4.61. The van der Waals surface area contributed by atoms with E-state index in [-0.39, 0.29) is 0 Å². The van der Waals surface area contributed by atoms with Crippen molar-refractivity contribution in [1.29, 1.82) is 0 Å². The second-order valence-corrected chi connectivity index (χ2v) is 5.54. The van der Waals surface area contributed by atoms with Crippen molar-refractivity contribution in [1.82, 2.24) is 9.97 Å². The zero-order chi connectivity index (χ0) is 15.4. The number of nitrogens with zero attached hydrogens (tertiary/aromatic N) is 2. The van der Waals surface area contributed by atoms with Crippen molar-refractivity contribution in [3.63, 3.8) is 0 Å². The predicted molar refractivity (Wildman–Crippen MR) is 90.8 cm³/mol. The van der Waals surface area contributed by atoms with Crippen molar-refractivity contribution in [2.24, 2.45) is 0 Å². The molecule has 0 saturated carbocycles. The van der Waals surface area contributed by atoms with Gasteiger partial charge in [-0.3, -0.25) is 9.97 Å². The van der Waals surface area contributed by atoms with E-state index >= 15 is 0 Å². The minimum atomic E-state index is 0.842. The predicted octanol–water partition coefficient (Wildman–Crippen LogP) is 4.61. The number of hydrogen-bond donors (Lipinski definition) is 0. The highest BCUT2D eigenvalue weighted by Crippen LogP contribution is 2.26. The van der Waals surface area contributed by atoms with Gasteiger partial charge >= 0.3 is 0 Å². The average molecular weight is 288 g/mol. The molecule has 0 aliphatic rings. The van der Waals surface area contributed by atoms with Crippen LogP contribution < -0.4 is 0 Å². The Bertz CT molecular complexity index is 761. The van der Waals surface area contributed by atoms with Crippen LogP contribution in [0.2, 0.25) is 0 Å². The molecule has 0 bridgehead atoms. The first-order valence-corrected chi connectivity index (χ1v) is 7.70. The van der Waals surface area contributed by atoms with Gasteiger partial charge in [0, 0.05) is 36.1 Å². The lowest BCUT2D eigenvalue weighted by atomic mass is 9.97. The molecule has 2 nitrogen and oxygen atoms in total. The van der Waals surface area contributed by atoms with Crippen LogP contribution in [0.1, 0.15) is 29.3 Å². The molecule has 0 aliphatic heterocycles. The van der Waals surface area contributed by atoms with Crippen molar-refractivity contribution in [3.8, 4) is 11.1 Å². The Morgan fingerprint density at radius 2 is 1.64 bits per heavy atom. The molecule has 0 amide bonds. The monoisotopic (exact) mass is 288 g/mol. The Hall–Kier alpha value is -2.48. The highest BCUT2D eigenvalue weighted by Gasteiger charge is 2.09. The molecule has 0 fully saturated rings. The van der Waals surface area contributed by atoms with E-state index in [1.807, 2.05) is 30.7 Å². The van der Waals surface area contributed by atoms with Gasteiger partial charge in [0.05, 0.1) is 5.69 Å². The topological polar surface area (TPSA) is 25.8 Å². The van der Waals surface area contributed by atoms with Gasteiger partial charge in [-0.05, 0) is 42.2 Å². The number of pyridine rings is 2. The quantitative estimate of drug-likeness (QED) is 0.701. The molecular weight excluding hydrogens is 268 g/mol. The first-order chi connectivity index (χ1) is 10.8. The Kier molecular flexibility index (Phi) is 4.29. The van der Waals surface area contributed by atoms with Crippen molar-refractivity contribution in [3.05, 3.63) is 83.4 Å². The zero-order valence-corrected chi connectivity index (χ0v) is 13.1. The second kappa shape index (κ2) is 6.52. The molecule has 0 aliphatic carbocycles. The average Bonchev–Trinajstić information content (AvgIpc) is 2.57. The van der Waals surface area contributed by atoms with Gasteiger partial charge in [0.2, 0.25) is 0 Å². The summed E-state index contributed by atoms with van der Waals surface area (Å²) in [7, 11) is 0. The zero-order valence-electron chi connectivity index (χ0n) is 13.1. The summed E-state index contributed by atoms with van der Waals surface area (Å²) >= 11 is 0. The molecule has 1 aromatic carbocycles. The smallest absolute Gasteiger partial charge is 0.0526 e. The standard InChI is InChI=1S/C20H20N2/c1-3-16-6-8-17(9-7-16)13-20-18(5-4-11-22-20)19-14-21-12-10-15(19)2/h4-12,14H,3,13H2,1-2H3. The van der Waals surface area contributed by atoms with E-state index in [4.69, 9.17) is 0 Å². The third kappa shape index (κ3) is 3.06. The molecule has 22 heavy (non-hydrogen) atoms. The molecule has 2 heteroatoms. The lowest BCUT2D eigenvalue weighted by molar-refractivity contribution is 1.06. The highest BCUT2D eigenvalue weighted by atomic mass is 14.7. The highest BCUT2D eigenvalue weighted by molar-refractivity contribution is 5.68. The van der Waals surface area contributed by atoms with Crippen LogP contribution in [0.25, 0.3) is 11.1 Å². The van der Waals surface area contributed by atoms with Crippen molar-refractivity contribution in [2.45, 2.75) is 26.7 Å². The molecule has 0 atom stereocenters. The SMILES string of the molecule is CCc1ccc(Cc2ncccc2-c2cnccc2C)cc1. The van der Waals surface area contributed by atoms with Crippen LogP contribution in [-0.2, 0) is 12.8 Å². The summed E-state index contributed by atoms with van der Waals surface area (Å²) in [5.41, 5.74) is 7.32. The third-order valence-corrected chi connectivity index (χ3v) is 4.02. The van der Waals surface area contributed by atoms with E-state index in [0.29, 0.717) is 0 Å². The Balaban J connectivity index is 1.96.